The number of hydrogen-bond acceptors (Lipinski definition) is 1. The Morgan fingerprint density at radius 1 is 0.353 bits per heavy atom. The third-order valence-corrected chi connectivity index (χ3v) is 17.1. The van der Waals surface area contributed by atoms with E-state index in [4.69, 9.17) is 0 Å². The van der Waals surface area contributed by atoms with Crippen LogP contribution in [0.1, 0.15) is 59.9 Å². The summed E-state index contributed by atoms with van der Waals surface area (Å²) in [4.78, 5) is 2.47. The van der Waals surface area contributed by atoms with Gasteiger partial charge in [-0.2, -0.15) is 0 Å². The first-order valence-electron chi connectivity index (χ1n) is 24.7. The number of fused-ring (bicyclic) bond motifs is 4. The van der Waals surface area contributed by atoms with Gasteiger partial charge in [0, 0.05) is 22.5 Å². The highest BCUT2D eigenvalue weighted by molar-refractivity contribution is 6.07. The van der Waals surface area contributed by atoms with Crippen LogP contribution < -0.4 is 4.90 Å². The van der Waals surface area contributed by atoms with E-state index in [0.29, 0.717) is 10.8 Å². The van der Waals surface area contributed by atoms with E-state index in [-0.39, 0.29) is 0 Å². The molecule has 14 rings (SSSR count). The number of anilines is 3. The first-order chi connectivity index (χ1) is 33.6. The molecule has 4 aliphatic rings. The fraction of sp³-hybridized carbons (Fsp3) is 0.134. The Balaban J connectivity index is 0.922. The van der Waals surface area contributed by atoms with E-state index in [2.05, 4.69) is 248 Å². The standard InChI is InChI=1S/C67H51N/c1-4-15-48(16-5-1)58-26-13-17-49-18-14-27-59(64(49)58)50-19-12-24-56(43-50)68(55-35-31-47(32-36-55)46-29-33-51(34-30-46)65-40-39-54-45-66(54,65)42-41-65)57-37-38-63-61(44-57)60-25-10-11-28-62(60)67(63,52-20-6-2-7-21-52)53-22-8-3-9-23-53/h1-38,43-44,54H,39-42,45H2. The molecule has 3 saturated carbocycles. The van der Waals surface area contributed by atoms with Crippen LogP contribution in [0, 0.1) is 11.3 Å². The van der Waals surface area contributed by atoms with Crippen molar-refractivity contribution >= 4 is 27.8 Å². The van der Waals surface area contributed by atoms with Gasteiger partial charge in [0.2, 0.25) is 0 Å². The molecule has 0 aliphatic heterocycles. The van der Waals surface area contributed by atoms with E-state index in [1.54, 1.807) is 5.56 Å². The van der Waals surface area contributed by atoms with Gasteiger partial charge in [-0.1, -0.05) is 206 Å². The molecule has 1 spiro atoms. The lowest BCUT2D eigenvalue weighted by atomic mass is 9.54. The fourth-order valence-electron chi connectivity index (χ4n) is 13.8. The summed E-state index contributed by atoms with van der Waals surface area (Å²) >= 11 is 0. The van der Waals surface area contributed by atoms with Crippen molar-refractivity contribution in [3.05, 3.63) is 270 Å². The topological polar surface area (TPSA) is 3.24 Å². The smallest absolute Gasteiger partial charge is 0.0713 e. The minimum Gasteiger partial charge on any atom is -0.310 e. The SMILES string of the molecule is c1ccc(-c2cccc3cccc(-c4cccc(N(c5ccc(-c6ccc(C78CCC9CC97CC8)cc6)cc5)c5ccc6c(c5)-c5ccccc5C6(c5ccccc5)c5ccccc5)c4)c23)cc1. The summed E-state index contributed by atoms with van der Waals surface area (Å²) in [6.45, 7) is 0. The largest absolute Gasteiger partial charge is 0.310 e. The van der Waals surface area contributed by atoms with Gasteiger partial charge in [-0.15, -0.1) is 0 Å². The second-order valence-electron chi connectivity index (χ2n) is 20.0. The van der Waals surface area contributed by atoms with E-state index < -0.39 is 5.41 Å². The monoisotopic (exact) mass is 869 g/mol. The Morgan fingerprint density at radius 2 is 0.912 bits per heavy atom. The van der Waals surface area contributed by atoms with Crippen LogP contribution in [-0.4, -0.2) is 0 Å². The Hall–Kier alpha value is -7.74. The van der Waals surface area contributed by atoms with Crippen LogP contribution in [0.4, 0.5) is 17.1 Å². The summed E-state index contributed by atoms with van der Waals surface area (Å²) in [5, 5.41) is 2.50. The van der Waals surface area contributed by atoms with Crippen LogP contribution in [0.25, 0.3) is 55.3 Å². The molecular formula is C67H51N. The summed E-state index contributed by atoms with van der Waals surface area (Å²) in [5.74, 6) is 0.988. The van der Waals surface area contributed by atoms with E-state index in [0.717, 1.165) is 23.0 Å². The van der Waals surface area contributed by atoms with Gasteiger partial charge in [-0.05, 0) is 163 Å². The summed E-state index contributed by atoms with van der Waals surface area (Å²) in [6.07, 6.45) is 7.08. The van der Waals surface area contributed by atoms with Gasteiger partial charge in [-0.25, -0.2) is 0 Å². The molecule has 0 N–H and O–H groups in total. The van der Waals surface area contributed by atoms with Gasteiger partial charge in [0.05, 0.1) is 5.41 Å². The third-order valence-electron chi connectivity index (χ3n) is 17.1. The molecule has 324 valence electrons. The average molecular weight is 870 g/mol. The Kier molecular flexibility index (Phi) is 8.78. The Bertz CT molecular complexity index is 3490. The minimum atomic E-state index is -0.462. The maximum Gasteiger partial charge on any atom is 0.0713 e. The van der Waals surface area contributed by atoms with E-state index in [1.165, 1.54) is 110 Å². The molecule has 0 heterocycles. The third kappa shape index (κ3) is 5.69. The predicted molar refractivity (Wildman–Crippen MR) is 283 cm³/mol. The van der Waals surface area contributed by atoms with Crippen LogP contribution in [0.15, 0.2) is 243 Å². The highest BCUT2D eigenvalue weighted by atomic mass is 15.1. The number of benzene rings is 10. The maximum absolute atomic E-state index is 2.47. The average Bonchev–Trinajstić information content (AvgIpc) is 4.05. The summed E-state index contributed by atoms with van der Waals surface area (Å²) in [6, 6.07) is 90.9. The fourth-order valence-corrected chi connectivity index (χ4v) is 13.8. The predicted octanol–water partition coefficient (Wildman–Crippen LogP) is 17.5. The van der Waals surface area contributed by atoms with Gasteiger partial charge >= 0.3 is 0 Å². The van der Waals surface area contributed by atoms with Crippen LogP contribution >= 0.6 is 0 Å². The van der Waals surface area contributed by atoms with Gasteiger partial charge in [-0.3, -0.25) is 0 Å². The zero-order valence-electron chi connectivity index (χ0n) is 38.2. The van der Waals surface area contributed by atoms with Crippen LogP contribution in [-0.2, 0) is 10.8 Å². The Morgan fingerprint density at radius 3 is 1.57 bits per heavy atom. The number of rotatable bonds is 9. The van der Waals surface area contributed by atoms with E-state index >= 15 is 0 Å². The molecule has 0 saturated heterocycles. The van der Waals surface area contributed by atoms with Crippen molar-refractivity contribution in [3.8, 4) is 44.5 Å². The molecule has 0 amide bonds. The summed E-state index contributed by atoms with van der Waals surface area (Å²) in [5.41, 5.74) is 20.7. The first-order valence-corrected chi connectivity index (χ1v) is 24.7. The lowest BCUT2D eigenvalue weighted by Gasteiger charge is -2.49. The molecule has 0 bridgehead atoms. The maximum atomic E-state index is 2.47. The highest BCUT2D eigenvalue weighted by Crippen LogP contribution is 2.82. The molecule has 1 heteroatoms. The molecule has 10 aromatic carbocycles. The first kappa shape index (κ1) is 39.4. The molecule has 3 atom stereocenters. The zero-order valence-corrected chi connectivity index (χ0v) is 38.2. The summed E-state index contributed by atoms with van der Waals surface area (Å²) in [7, 11) is 0. The number of nitrogens with zero attached hydrogens (tertiary/aromatic N) is 1. The van der Waals surface area contributed by atoms with Gasteiger partial charge in [0.25, 0.3) is 0 Å². The lowest BCUT2D eigenvalue weighted by molar-refractivity contribution is 0.109. The van der Waals surface area contributed by atoms with Crippen LogP contribution in [0.3, 0.4) is 0 Å². The molecule has 3 unspecified atom stereocenters. The van der Waals surface area contributed by atoms with Gasteiger partial charge in [0.1, 0.15) is 0 Å². The molecule has 4 aliphatic carbocycles. The second kappa shape index (κ2) is 15.1. The number of hydrogen-bond donors (Lipinski definition) is 0. The molecule has 10 aromatic rings. The van der Waals surface area contributed by atoms with Crippen LogP contribution in [0.2, 0.25) is 0 Å². The molecule has 68 heavy (non-hydrogen) atoms. The van der Waals surface area contributed by atoms with Crippen molar-refractivity contribution in [1.82, 2.24) is 0 Å². The van der Waals surface area contributed by atoms with Gasteiger partial charge < -0.3 is 4.90 Å². The van der Waals surface area contributed by atoms with Crippen molar-refractivity contribution in [2.75, 3.05) is 4.90 Å². The molecular weight excluding hydrogens is 819 g/mol. The van der Waals surface area contributed by atoms with Gasteiger partial charge in [0.15, 0.2) is 0 Å². The van der Waals surface area contributed by atoms with Crippen molar-refractivity contribution in [2.45, 2.75) is 42.9 Å². The molecule has 1 nitrogen and oxygen atoms in total. The highest BCUT2D eigenvalue weighted by Gasteiger charge is 2.75. The zero-order chi connectivity index (χ0) is 44.9. The van der Waals surface area contributed by atoms with Crippen molar-refractivity contribution in [2.24, 2.45) is 11.3 Å². The molecule has 3 fully saturated rings. The summed E-state index contributed by atoms with van der Waals surface area (Å²) < 4.78 is 0. The van der Waals surface area contributed by atoms with Crippen molar-refractivity contribution < 1.29 is 0 Å². The van der Waals surface area contributed by atoms with E-state index in [1.807, 2.05) is 0 Å². The minimum absolute atomic E-state index is 0.447. The van der Waals surface area contributed by atoms with Crippen molar-refractivity contribution in [1.29, 1.82) is 0 Å². The van der Waals surface area contributed by atoms with Crippen LogP contribution in [0.5, 0.6) is 0 Å². The quantitative estimate of drug-likeness (QED) is 0.140. The second-order valence-corrected chi connectivity index (χ2v) is 20.0. The van der Waals surface area contributed by atoms with Crippen molar-refractivity contribution in [3.63, 3.8) is 0 Å². The van der Waals surface area contributed by atoms with E-state index in [9.17, 15) is 0 Å². The lowest BCUT2D eigenvalue weighted by Crippen LogP contribution is -2.44. The molecule has 0 radical (unpaired) electrons. The Labute approximate surface area is 400 Å². The molecule has 0 aromatic heterocycles. The normalized spacial score (nSPS) is 20.1.